The van der Waals surface area contributed by atoms with E-state index in [9.17, 15) is 0 Å². The minimum Gasteiger partial charge on any atom is -0.496 e. The summed E-state index contributed by atoms with van der Waals surface area (Å²) in [4.78, 5) is 13.8. The first kappa shape index (κ1) is 16.3. The Kier molecular flexibility index (Phi) is 5.23. The van der Waals surface area contributed by atoms with Crippen molar-refractivity contribution in [2.24, 2.45) is 0 Å². The number of benzene rings is 1. The second-order valence-electron chi connectivity index (χ2n) is 4.10. The van der Waals surface area contributed by atoms with Crippen LogP contribution in [0.3, 0.4) is 0 Å². The fourth-order valence-electron chi connectivity index (χ4n) is 1.41. The van der Waals surface area contributed by atoms with Crippen molar-refractivity contribution in [3.63, 3.8) is 0 Å². The van der Waals surface area contributed by atoms with Crippen LogP contribution in [-0.4, -0.2) is 36.2 Å². The molecular weight excluding hydrogens is 427 g/mol. The highest BCUT2D eigenvalue weighted by Gasteiger charge is 2.13. The van der Waals surface area contributed by atoms with Crippen molar-refractivity contribution in [2.75, 3.05) is 26.1 Å². The molecule has 1 aromatic carbocycles. The van der Waals surface area contributed by atoms with E-state index in [1.165, 1.54) is 0 Å². The lowest BCUT2D eigenvalue weighted by Crippen LogP contribution is -2.13. The Morgan fingerprint density at radius 2 is 1.67 bits per heavy atom. The Morgan fingerprint density at radius 1 is 1.05 bits per heavy atom. The van der Waals surface area contributed by atoms with Gasteiger partial charge in [-0.25, -0.2) is 0 Å². The maximum atomic E-state index is 5.87. The molecule has 0 fully saturated rings. The first-order chi connectivity index (χ1) is 9.90. The maximum Gasteiger partial charge on any atom is 0.328 e. The molecular formula is C12H11Br2ClN4O2. The van der Waals surface area contributed by atoms with E-state index in [2.05, 4.69) is 46.8 Å². The molecule has 0 amide bonds. The number of methoxy groups -OCH3 is 1. The Balaban J connectivity index is 2.36. The van der Waals surface area contributed by atoms with Crippen molar-refractivity contribution in [3.05, 3.63) is 26.4 Å². The van der Waals surface area contributed by atoms with E-state index in [-0.39, 0.29) is 11.3 Å². The van der Waals surface area contributed by atoms with Crippen LogP contribution in [-0.2, 0) is 0 Å². The van der Waals surface area contributed by atoms with E-state index in [1.54, 1.807) is 38.2 Å². The maximum absolute atomic E-state index is 5.87. The third kappa shape index (κ3) is 3.96. The summed E-state index contributed by atoms with van der Waals surface area (Å²) in [5.74, 6) is 1.61. The van der Waals surface area contributed by atoms with E-state index in [0.717, 1.165) is 4.47 Å². The minimum atomic E-state index is 0.0624. The van der Waals surface area contributed by atoms with Crippen molar-refractivity contribution in [3.8, 4) is 17.5 Å². The number of halogens is 3. The number of rotatable bonds is 4. The molecule has 21 heavy (non-hydrogen) atoms. The topological polar surface area (TPSA) is 60.4 Å². The number of hydrogen-bond acceptors (Lipinski definition) is 6. The van der Waals surface area contributed by atoms with Crippen LogP contribution >= 0.6 is 43.5 Å². The predicted molar refractivity (Wildman–Crippen MR) is 87.6 cm³/mol. The molecule has 0 N–H and O–H groups in total. The quantitative estimate of drug-likeness (QED) is 0.721. The zero-order valence-electron chi connectivity index (χ0n) is 11.4. The van der Waals surface area contributed by atoms with Crippen molar-refractivity contribution >= 4 is 49.4 Å². The highest BCUT2D eigenvalue weighted by molar-refractivity contribution is 9.11. The van der Waals surface area contributed by atoms with Crippen LogP contribution in [0.4, 0.5) is 5.95 Å². The lowest BCUT2D eigenvalue weighted by atomic mass is 10.3. The average Bonchev–Trinajstić information content (AvgIpc) is 2.41. The van der Waals surface area contributed by atoms with Crippen LogP contribution in [0.15, 0.2) is 21.1 Å². The molecule has 0 radical (unpaired) electrons. The SMILES string of the molecule is COc1cc(Br)c(Oc2nc(Cl)nc(N(C)C)n2)cc1Br. The van der Waals surface area contributed by atoms with Gasteiger partial charge in [-0.15, -0.1) is 0 Å². The van der Waals surface area contributed by atoms with Gasteiger partial charge in [0, 0.05) is 20.2 Å². The van der Waals surface area contributed by atoms with Crippen LogP contribution in [0.2, 0.25) is 5.28 Å². The Bertz CT molecular complexity index is 670. The van der Waals surface area contributed by atoms with Crippen LogP contribution in [0.5, 0.6) is 17.5 Å². The van der Waals surface area contributed by atoms with Gasteiger partial charge in [0.1, 0.15) is 11.5 Å². The molecule has 1 aromatic heterocycles. The zero-order chi connectivity index (χ0) is 15.6. The summed E-state index contributed by atoms with van der Waals surface area (Å²) in [7, 11) is 5.19. The lowest BCUT2D eigenvalue weighted by Gasteiger charge is -2.12. The first-order valence-electron chi connectivity index (χ1n) is 5.70. The molecule has 9 heteroatoms. The predicted octanol–water partition coefficient (Wildman–Crippen LogP) is 3.92. The van der Waals surface area contributed by atoms with E-state index < -0.39 is 0 Å². The van der Waals surface area contributed by atoms with E-state index in [1.807, 2.05) is 0 Å². The summed E-state index contributed by atoms with van der Waals surface area (Å²) < 4.78 is 12.3. The van der Waals surface area contributed by atoms with Crippen molar-refractivity contribution in [1.82, 2.24) is 15.0 Å². The number of hydrogen-bond donors (Lipinski definition) is 0. The Labute approximate surface area is 143 Å². The molecule has 0 spiro atoms. The molecule has 0 saturated heterocycles. The second-order valence-corrected chi connectivity index (χ2v) is 6.15. The van der Waals surface area contributed by atoms with Crippen molar-refractivity contribution in [1.29, 1.82) is 0 Å². The number of ether oxygens (including phenoxy) is 2. The molecule has 6 nitrogen and oxygen atoms in total. The van der Waals surface area contributed by atoms with Crippen LogP contribution in [0.25, 0.3) is 0 Å². The van der Waals surface area contributed by atoms with Crippen LogP contribution < -0.4 is 14.4 Å². The summed E-state index contributed by atoms with van der Waals surface area (Å²) >= 11 is 12.7. The van der Waals surface area contributed by atoms with E-state index >= 15 is 0 Å². The number of anilines is 1. The minimum absolute atomic E-state index is 0.0624. The van der Waals surface area contributed by atoms with Gasteiger partial charge in [0.25, 0.3) is 0 Å². The van der Waals surface area contributed by atoms with E-state index in [0.29, 0.717) is 21.9 Å². The summed E-state index contributed by atoms with van der Waals surface area (Å²) in [5, 5.41) is 0.0624. The standard InChI is InChI=1S/C12H11Br2ClN4O2/c1-19(2)11-16-10(15)17-12(18-11)21-9-5-6(13)8(20-3)4-7(9)14/h4-5H,1-3H3. The van der Waals surface area contributed by atoms with Gasteiger partial charge < -0.3 is 14.4 Å². The lowest BCUT2D eigenvalue weighted by molar-refractivity contribution is 0.406. The van der Waals surface area contributed by atoms with Gasteiger partial charge in [-0.3, -0.25) is 0 Å². The molecule has 0 aliphatic heterocycles. The molecule has 2 rings (SSSR count). The van der Waals surface area contributed by atoms with Gasteiger partial charge in [0.15, 0.2) is 0 Å². The van der Waals surface area contributed by atoms with Crippen molar-refractivity contribution in [2.45, 2.75) is 0 Å². The first-order valence-corrected chi connectivity index (χ1v) is 7.67. The molecule has 0 aliphatic rings. The molecule has 1 heterocycles. The molecule has 0 bridgehead atoms. The van der Waals surface area contributed by atoms with Gasteiger partial charge >= 0.3 is 6.01 Å². The monoisotopic (exact) mass is 436 g/mol. The fourth-order valence-corrected chi connectivity index (χ4v) is 2.45. The zero-order valence-corrected chi connectivity index (χ0v) is 15.3. The fraction of sp³-hybridized carbons (Fsp3) is 0.250. The summed E-state index contributed by atoms with van der Waals surface area (Å²) in [6.45, 7) is 0. The van der Waals surface area contributed by atoms with Gasteiger partial charge in [0.2, 0.25) is 11.2 Å². The highest BCUT2D eigenvalue weighted by Crippen LogP contribution is 2.37. The number of nitrogens with zero attached hydrogens (tertiary/aromatic N) is 4. The highest BCUT2D eigenvalue weighted by atomic mass is 79.9. The second kappa shape index (κ2) is 6.76. The van der Waals surface area contributed by atoms with E-state index in [4.69, 9.17) is 21.1 Å². The normalized spacial score (nSPS) is 10.4. The molecule has 0 saturated carbocycles. The average molecular weight is 439 g/mol. The molecule has 0 atom stereocenters. The summed E-state index contributed by atoms with van der Waals surface area (Å²) in [6, 6.07) is 3.63. The molecule has 112 valence electrons. The Morgan fingerprint density at radius 3 is 2.29 bits per heavy atom. The number of aromatic nitrogens is 3. The third-order valence-electron chi connectivity index (χ3n) is 2.38. The molecule has 0 aliphatic carbocycles. The van der Waals surface area contributed by atoms with Gasteiger partial charge in [-0.05, 0) is 49.5 Å². The molecule has 2 aromatic rings. The van der Waals surface area contributed by atoms with Crippen LogP contribution in [0.1, 0.15) is 0 Å². The Hall–Kier alpha value is -1.12. The van der Waals surface area contributed by atoms with Gasteiger partial charge in [-0.1, -0.05) is 0 Å². The molecule has 0 unspecified atom stereocenters. The van der Waals surface area contributed by atoms with Gasteiger partial charge in [-0.2, -0.15) is 15.0 Å². The summed E-state index contributed by atoms with van der Waals surface area (Å²) in [6.07, 6.45) is 0. The van der Waals surface area contributed by atoms with Gasteiger partial charge in [0.05, 0.1) is 16.1 Å². The third-order valence-corrected chi connectivity index (χ3v) is 3.79. The smallest absolute Gasteiger partial charge is 0.328 e. The van der Waals surface area contributed by atoms with Crippen molar-refractivity contribution < 1.29 is 9.47 Å². The summed E-state index contributed by atoms with van der Waals surface area (Å²) in [5.41, 5.74) is 0. The van der Waals surface area contributed by atoms with Crippen LogP contribution in [0, 0.1) is 0 Å². The largest absolute Gasteiger partial charge is 0.496 e.